The van der Waals surface area contributed by atoms with Crippen molar-refractivity contribution in [2.24, 2.45) is 0 Å². The highest BCUT2D eigenvalue weighted by Crippen LogP contribution is 2.18. The van der Waals surface area contributed by atoms with Crippen molar-refractivity contribution in [3.63, 3.8) is 0 Å². The van der Waals surface area contributed by atoms with Crippen LogP contribution in [0.1, 0.15) is 17.5 Å². The van der Waals surface area contributed by atoms with Gasteiger partial charge < -0.3 is 15.4 Å². The molecule has 0 aliphatic heterocycles. The highest BCUT2D eigenvalue weighted by molar-refractivity contribution is 7.80. The summed E-state index contributed by atoms with van der Waals surface area (Å²) in [6.45, 7) is 0.491. The summed E-state index contributed by atoms with van der Waals surface area (Å²) in [5, 5.41) is 6.02. The summed E-state index contributed by atoms with van der Waals surface area (Å²) in [6, 6.07) is 27.4. The minimum Gasteiger partial charge on any atom is -0.489 e. The molecule has 0 fully saturated rings. The normalized spacial score (nSPS) is 10.1. The lowest BCUT2D eigenvalue weighted by molar-refractivity contribution is -0.119. The number of rotatable bonds is 7. The smallest absolute Gasteiger partial charge is 0.226 e. The number of ether oxygens (including phenoxy) is 1. The van der Waals surface area contributed by atoms with Gasteiger partial charge in [0.25, 0.3) is 0 Å². The molecule has 28 heavy (non-hydrogen) atoms. The summed E-state index contributed by atoms with van der Waals surface area (Å²) in [5.41, 5.74) is 2.99. The first-order valence-electron chi connectivity index (χ1n) is 9.10. The zero-order chi connectivity index (χ0) is 19.6. The molecule has 1 amide bonds. The van der Waals surface area contributed by atoms with Gasteiger partial charge in [0.1, 0.15) is 12.4 Å². The highest BCUT2D eigenvalue weighted by atomic mass is 32.1. The third kappa shape index (κ3) is 6.52. The maximum Gasteiger partial charge on any atom is 0.226 e. The molecule has 0 heterocycles. The van der Waals surface area contributed by atoms with Gasteiger partial charge in [-0.05, 0) is 41.9 Å². The van der Waals surface area contributed by atoms with E-state index in [-0.39, 0.29) is 11.0 Å². The average molecular weight is 391 g/mol. The van der Waals surface area contributed by atoms with Gasteiger partial charge in [0.2, 0.25) is 5.91 Å². The number of aryl methyl sites for hydroxylation is 1. The number of hydrogen-bond acceptors (Lipinski definition) is 3. The molecule has 3 aromatic rings. The van der Waals surface area contributed by atoms with Crippen LogP contribution in [0.15, 0.2) is 84.9 Å². The number of nitrogens with one attached hydrogen (secondary N) is 2. The zero-order valence-electron chi connectivity index (χ0n) is 15.4. The second-order valence-corrected chi connectivity index (χ2v) is 6.70. The number of anilines is 1. The van der Waals surface area contributed by atoms with E-state index in [9.17, 15) is 4.79 Å². The van der Waals surface area contributed by atoms with E-state index in [0.717, 1.165) is 22.6 Å². The Morgan fingerprint density at radius 2 is 1.54 bits per heavy atom. The van der Waals surface area contributed by atoms with E-state index in [0.29, 0.717) is 19.4 Å². The molecule has 2 N–H and O–H groups in total. The summed E-state index contributed by atoms with van der Waals surface area (Å²) in [7, 11) is 0. The molecule has 5 heteroatoms. The van der Waals surface area contributed by atoms with E-state index in [1.807, 2.05) is 84.9 Å². The van der Waals surface area contributed by atoms with Crippen LogP contribution >= 0.6 is 12.2 Å². The molecule has 142 valence electrons. The van der Waals surface area contributed by atoms with Gasteiger partial charge in [0, 0.05) is 18.2 Å². The van der Waals surface area contributed by atoms with Crippen molar-refractivity contribution >= 4 is 28.9 Å². The quantitative estimate of drug-likeness (QED) is 0.574. The minimum atomic E-state index is -0.113. The van der Waals surface area contributed by atoms with E-state index in [2.05, 4.69) is 10.6 Å². The second-order valence-electron chi connectivity index (χ2n) is 6.29. The zero-order valence-corrected chi connectivity index (χ0v) is 16.2. The SMILES string of the molecule is O=C(CCc1ccccc1)NC(=S)Nc1cccc(OCc2ccccc2)c1. The van der Waals surface area contributed by atoms with E-state index in [1.165, 1.54) is 0 Å². The van der Waals surface area contributed by atoms with Crippen LogP contribution in [-0.2, 0) is 17.8 Å². The van der Waals surface area contributed by atoms with E-state index < -0.39 is 0 Å². The number of carbonyl (C=O) groups excluding carboxylic acids is 1. The Morgan fingerprint density at radius 3 is 2.25 bits per heavy atom. The summed E-state index contributed by atoms with van der Waals surface area (Å²) >= 11 is 5.24. The Kier molecular flexibility index (Phi) is 7.15. The molecular formula is C23H22N2O2S. The molecular weight excluding hydrogens is 368 g/mol. The summed E-state index contributed by atoms with van der Waals surface area (Å²) < 4.78 is 5.81. The van der Waals surface area contributed by atoms with Gasteiger partial charge in [-0.2, -0.15) is 0 Å². The number of carbonyl (C=O) groups is 1. The molecule has 0 radical (unpaired) electrons. The van der Waals surface area contributed by atoms with Crippen LogP contribution in [0.5, 0.6) is 5.75 Å². The first-order chi connectivity index (χ1) is 13.7. The summed E-state index contributed by atoms with van der Waals surface area (Å²) in [5.74, 6) is 0.616. The van der Waals surface area contributed by atoms with E-state index in [1.54, 1.807) is 0 Å². The molecule has 0 saturated carbocycles. The summed E-state index contributed by atoms with van der Waals surface area (Å²) in [4.78, 5) is 12.1. The third-order valence-electron chi connectivity index (χ3n) is 4.08. The Morgan fingerprint density at radius 1 is 0.857 bits per heavy atom. The van der Waals surface area contributed by atoms with Gasteiger partial charge in [-0.1, -0.05) is 66.7 Å². The predicted octanol–water partition coefficient (Wildman–Crippen LogP) is 4.71. The van der Waals surface area contributed by atoms with Crippen LogP contribution in [-0.4, -0.2) is 11.0 Å². The van der Waals surface area contributed by atoms with Gasteiger partial charge >= 0.3 is 0 Å². The van der Waals surface area contributed by atoms with Crippen molar-refractivity contribution in [3.8, 4) is 5.75 Å². The molecule has 0 atom stereocenters. The van der Waals surface area contributed by atoms with Crippen molar-refractivity contribution in [2.75, 3.05) is 5.32 Å². The first-order valence-corrected chi connectivity index (χ1v) is 9.51. The monoisotopic (exact) mass is 390 g/mol. The van der Waals surface area contributed by atoms with Gasteiger partial charge in [-0.15, -0.1) is 0 Å². The van der Waals surface area contributed by atoms with Crippen LogP contribution in [0.25, 0.3) is 0 Å². The molecule has 0 aliphatic rings. The molecule has 0 unspecified atom stereocenters. The molecule has 3 rings (SSSR count). The first kappa shape index (κ1) is 19.6. The third-order valence-corrected chi connectivity index (χ3v) is 4.28. The fourth-order valence-corrected chi connectivity index (χ4v) is 2.89. The fourth-order valence-electron chi connectivity index (χ4n) is 2.66. The van der Waals surface area contributed by atoms with Crippen LogP contribution < -0.4 is 15.4 Å². The second kappa shape index (κ2) is 10.2. The van der Waals surface area contributed by atoms with Crippen LogP contribution in [0.4, 0.5) is 5.69 Å². The number of benzene rings is 3. The van der Waals surface area contributed by atoms with Crippen molar-refractivity contribution in [2.45, 2.75) is 19.4 Å². The summed E-state index contributed by atoms with van der Waals surface area (Å²) in [6.07, 6.45) is 1.06. The van der Waals surface area contributed by atoms with Crippen molar-refractivity contribution in [1.82, 2.24) is 5.32 Å². The fraction of sp³-hybridized carbons (Fsp3) is 0.130. The Hall–Kier alpha value is -3.18. The van der Waals surface area contributed by atoms with Crippen LogP contribution in [0.2, 0.25) is 0 Å². The van der Waals surface area contributed by atoms with Crippen molar-refractivity contribution in [1.29, 1.82) is 0 Å². The Balaban J connectivity index is 1.46. The highest BCUT2D eigenvalue weighted by Gasteiger charge is 2.06. The maximum absolute atomic E-state index is 12.1. The standard InChI is InChI=1S/C23H22N2O2S/c26-22(15-14-18-8-3-1-4-9-18)25-23(28)24-20-12-7-13-21(16-20)27-17-19-10-5-2-6-11-19/h1-13,16H,14-15,17H2,(H2,24,25,26,28). The minimum absolute atomic E-state index is 0.113. The van der Waals surface area contributed by atoms with Gasteiger partial charge in [-0.3, -0.25) is 4.79 Å². The predicted molar refractivity (Wildman–Crippen MR) is 116 cm³/mol. The molecule has 4 nitrogen and oxygen atoms in total. The lowest BCUT2D eigenvalue weighted by atomic mass is 10.1. The van der Waals surface area contributed by atoms with E-state index in [4.69, 9.17) is 17.0 Å². The van der Waals surface area contributed by atoms with Gasteiger partial charge in [0.15, 0.2) is 5.11 Å². The van der Waals surface area contributed by atoms with Crippen LogP contribution in [0.3, 0.4) is 0 Å². The molecule has 0 spiro atoms. The maximum atomic E-state index is 12.1. The molecule has 0 saturated heterocycles. The Bertz CT molecular complexity index is 914. The lowest BCUT2D eigenvalue weighted by Crippen LogP contribution is -2.34. The number of hydrogen-bond donors (Lipinski definition) is 2. The van der Waals surface area contributed by atoms with Gasteiger partial charge in [-0.25, -0.2) is 0 Å². The van der Waals surface area contributed by atoms with Crippen LogP contribution in [0, 0.1) is 0 Å². The van der Waals surface area contributed by atoms with E-state index >= 15 is 0 Å². The average Bonchev–Trinajstić information content (AvgIpc) is 2.72. The number of thiocarbonyl (C=S) groups is 1. The largest absolute Gasteiger partial charge is 0.489 e. The van der Waals surface area contributed by atoms with Crippen molar-refractivity contribution < 1.29 is 9.53 Å². The number of amides is 1. The molecule has 3 aromatic carbocycles. The molecule has 0 aromatic heterocycles. The topological polar surface area (TPSA) is 50.4 Å². The molecule has 0 bridgehead atoms. The Labute approximate surface area is 170 Å². The van der Waals surface area contributed by atoms with Gasteiger partial charge in [0.05, 0.1) is 0 Å². The van der Waals surface area contributed by atoms with Crippen molar-refractivity contribution in [3.05, 3.63) is 96.1 Å². The molecule has 0 aliphatic carbocycles. The lowest BCUT2D eigenvalue weighted by Gasteiger charge is -2.11.